The molecule has 0 saturated carbocycles. The van der Waals surface area contributed by atoms with E-state index in [4.69, 9.17) is 0 Å². The highest BCUT2D eigenvalue weighted by Crippen LogP contribution is 2.32. The predicted octanol–water partition coefficient (Wildman–Crippen LogP) is 5.11. The summed E-state index contributed by atoms with van der Waals surface area (Å²) in [6, 6.07) is 10.3. The smallest absolute Gasteiger partial charge is 0.372 e. The van der Waals surface area contributed by atoms with Crippen molar-refractivity contribution in [2.45, 2.75) is 26.9 Å². The Morgan fingerprint density at radius 1 is 1.08 bits per heavy atom. The van der Waals surface area contributed by atoms with Crippen LogP contribution in [0, 0.1) is 6.92 Å². The van der Waals surface area contributed by atoms with Gasteiger partial charge >= 0.3 is 6.18 Å². The van der Waals surface area contributed by atoms with E-state index in [1.807, 2.05) is 32.9 Å². The van der Waals surface area contributed by atoms with Crippen LogP contribution in [0.25, 0.3) is 0 Å². The highest BCUT2D eigenvalue weighted by Gasteiger charge is 2.34. The Hall–Kier alpha value is -2.50. The van der Waals surface area contributed by atoms with Crippen LogP contribution >= 0.6 is 0 Å². The van der Waals surface area contributed by atoms with E-state index < -0.39 is 17.6 Å². The van der Waals surface area contributed by atoms with Crippen LogP contribution in [0.4, 0.5) is 24.5 Å². The fraction of sp³-hybridized carbons (Fsp3) is 0.316. The maximum absolute atomic E-state index is 13.1. The topological polar surface area (TPSA) is 32.3 Å². The highest BCUT2D eigenvalue weighted by atomic mass is 19.4. The Morgan fingerprint density at radius 2 is 1.72 bits per heavy atom. The van der Waals surface area contributed by atoms with Gasteiger partial charge in [-0.05, 0) is 56.7 Å². The summed E-state index contributed by atoms with van der Waals surface area (Å²) in [6.07, 6.45) is -4.57. The van der Waals surface area contributed by atoms with Crippen molar-refractivity contribution < 1.29 is 18.0 Å². The zero-order valence-corrected chi connectivity index (χ0v) is 14.4. The Balaban J connectivity index is 2.28. The van der Waals surface area contributed by atoms with Crippen LogP contribution in [0.5, 0.6) is 0 Å². The lowest BCUT2D eigenvalue weighted by molar-refractivity contribution is -0.137. The predicted molar refractivity (Wildman–Crippen MR) is 94.1 cm³/mol. The molecule has 0 aliphatic heterocycles. The average Bonchev–Trinajstić information content (AvgIpc) is 2.57. The monoisotopic (exact) mass is 350 g/mol. The van der Waals surface area contributed by atoms with Gasteiger partial charge < -0.3 is 10.2 Å². The molecule has 0 bridgehead atoms. The Morgan fingerprint density at radius 3 is 2.28 bits per heavy atom. The molecule has 2 rings (SSSR count). The molecule has 0 aromatic heterocycles. The van der Waals surface area contributed by atoms with Crippen LogP contribution in [0.3, 0.4) is 0 Å². The number of alkyl halides is 3. The number of benzene rings is 2. The maximum Gasteiger partial charge on any atom is 0.417 e. The first-order chi connectivity index (χ1) is 11.8. The first kappa shape index (κ1) is 18.8. The van der Waals surface area contributed by atoms with Crippen LogP contribution in [0.1, 0.15) is 35.3 Å². The van der Waals surface area contributed by atoms with Gasteiger partial charge in [0.1, 0.15) is 0 Å². The van der Waals surface area contributed by atoms with Gasteiger partial charge in [0.05, 0.1) is 11.1 Å². The zero-order valence-electron chi connectivity index (χ0n) is 14.4. The quantitative estimate of drug-likeness (QED) is 0.812. The Kier molecular flexibility index (Phi) is 5.72. The fourth-order valence-electron chi connectivity index (χ4n) is 2.69. The van der Waals surface area contributed by atoms with Crippen LogP contribution in [0.15, 0.2) is 42.5 Å². The summed E-state index contributed by atoms with van der Waals surface area (Å²) in [6.45, 7) is 7.60. The molecule has 1 N–H and O–H groups in total. The van der Waals surface area contributed by atoms with Gasteiger partial charge in [0.15, 0.2) is 0 Å². The van der Waals surface area contributed by atoms with Gasteiger partial charge in [0.25, 0.3) is 5.91 Å². The number of halogens is 3. The molecule has 0 saturated heterocycles. The summed E-state index contributed by atoms with van der Waals surface area (Å²) in [4.78, 5) is 14.5. The molecule has 2 aromatic carbocycles. The van der Waals surface area contributed by atoms with Crippen molar-refractivity contribution in [1.82, 2.24) is 0 Å². The third kappa shape index (κ3) is 4.32. The molecule has 6 heteroatoms. The molecule has 0 fully saturated rings. The van der Waals surface area contributed by atoms with Crippen LogP contribution in [-0.4, -0.2) is 19.0 Å². The molecule has 0 heterocycles. The molecule has 1 amide bonds. The third-order valence-electron chi connectivity index (χ3n) is 4.06. The zero-order chi connectivity index (χ0) is 18.6. The summed E-state index contributed by atoms with van der Waals surface area (Å²) in [7, 11) is 0. The van der Waals surface area contributed by atoms with E-state index in [9.17, 15) is 18.0 Å². The van der Waals surface area contributed by atoms with Crippen molar-refractivity contribution in [2.24, 2.45) is 0 Å². The molecule has 2 aromatic rings. The van der Waals surface area contributed by atoms with Gasteiger partial charge in [-0.3, -0.25) is 4.79 Å². The fourth-order valence-corrected chi connectivity index (χ4v) is 2.69. The summed E-state index contributed by atoms with van der Waals surface area (Å²) in [5, 5.41) is 2.58. The summed E-state index contributed by atoms with van der Waals surface area (Å²) < 4.78 is 39.2. The second-order valence-electron chi connectivity index (χ2n) is 5.67. The van der Waals surface area contributed by atoms with Crippen LogP contribution in [-0.2, 0) is 6.18 Å². The van der Waals surface area contributed by atoms with E-state index in [1.165, 1.54) is 18.2 Å². The summed E-state index contributed by atoms with van der Waals surface area (Å²) in [5.41, 5.74) is 0.975. The molecule has 25 heavy (non-hydrogen) atoms. The number of hydrogen-bond donors (Lipinski definition) is 1. The van der Waals surface area contributed by atoms with Gasteiger partial charge in [-0.25, -0.2) is 0 Å². The number of amides is 1. The van der Waals surface area contributed by atoms with Crippen molar-refractivity contribution in [3.8, 4) is 0 Å². The number of nitrogens with zero attached hydrogens (tertiary/aromatic N) is 1. The maximum atomic E-state index is 13.1. The Bertz CT molecular complexity index is 753. The summed E-state index contributed by atoms with van der Waals surface area (Å²) in [5.74, 6) is -0.772. The minimum absolute atomic E-state index is 0.387. The largest absolute Gasteiger partial charge is 0.417 e. The highest BCUT2D eigenvalue weighted by molar-refractivity contribution is 6.05. The number of rotatable bonds is 5. The number of aryl methyl sites for hydroxylation is 1. The number of nitrogens with one attached hydrogen (secondary N) is 1. The lowest BCUT2D eigenvalue weighted by Gasteiger charge is -2.22. The molecule has 0 spiro atoms. The second-order valence-corrected chi connectivity index (χ2v) is 5.67. The van der Waals surface area contributed by atoms with Crippen molar-refractivity contribution >= 4 is 17.3 Å². The molecule has 0 radical (unpaired) electrons. The number of carbonyl (C=O) groups is 1. The first-order valence-electron chi connectivity index (χ1n) is 8.11. The SMILES string of the molecule is CCN(CC)c1ccc(NC(=O)c2ccccc2C(F)(F)F)c(C)c1. The van der Waals surface area contributed by atoms with Gasteiger partial charge in [-0.2, -0.15) is 13.2 Å². The number of anilines is 2. The number of hydrogen-bond acceptors (Lipinski definition) is 2. The van der Waals surface area contributed by atoms with Crippen molar-refractivity contribution in [3.05, 3.63) is 59.2 Å². The minimum Gasteiger partial charge on any atom is -0.372 e. The number of carbonyl (C=O) groups excluding carboxylic acids is 1. The van der Waals surface area contributed by atoms with Crippen molar-refractivity contribution in [3.63, 3.8) is 0 Å². The minimum atomic E-state index is -4.57. The van der Waals surface area contributed by atoms with E-state index in [2.05, 4.69) is 10.2 Å². The molecule has 0 aliphatic rings. The first-order valence-corrected chi connectivity index (χ1v) is 8.11. The molecule has 0 atom stereocenters. The molecular weight excluding hydrogens is 329 g/mol. The van der Waals surface area contributed by atoms with E-state index >= 15 is 0 Å². The van der Waals surface area contributed by atoms with Gasteiger partial charge in [-0.15, -0.1) is 0 Å². The molecule has 3 nitrogen and oxygen atoms in total. The molecule has 134 valence electrons. The van der Waals surface area contributed by atoms with Crippen LogP contribution < -0.4 is 10.2 Å². The third-order valence-corrected chi connectivity index (χ3v) is 4.06. The lowest BCUT2D eigenvalue weighted by atomic mass is 10.1. The molecule has 0 aliphatic carbocycles. The summed E-state index contributed by atoms with van der Waals surface area (Å²) >= 11 is 0. The lowest BCUT2D eigenvalue weighted by Crippen LogP contribution is -2.22. The van der Waals surface area contributed by atoms with Crippen LogP contribution in [0.2, 0.25) is 0 Å². The second kappa shape index (κ2) is 7.59. The standard InChI is InChI=1S/C19H21F3N2O/c1-4-24(5-2)14-10-11-17(13(3)12-14)23-18(25)15-8-6-7-9-16(15)19(20,21)22/h6-12H,4-5H2,1-3H3,(H,23,25). The van der Waals surface area contributed by atoms with E-state index in [0.29, 0.717) is 5.69 Å². The normalized spacial score (nSPS) is 11.3. The van der Waals surface area contributed by atoms with Crippen molar-refractivity contribution in [1.29, 1.82) is 0 Å². The van der Waals surface area contributed by atoms with E-state index in [-0.39, 0.29) is 5.56 Å². The molecular formula is C19H21F3N2O. The van der Waals surface area contributed by atoms with Gasteiger partial charge in [0, 0.05) is 24.5 Å². The van der Waals surface area contributed by atoms with E-state index in [0.717, 1.165) is 30.4 Å². The molecule has 0 unspecified atom stereocenters. The van der Waals surface area contributed by atoms with E-state index in [1.54, 1.807) is 6.07 Å². The van der Waals surface area contributed by atoms with Gasteiger partial charge in [0.2, 0.25) is 0 Å². The van der Waals surface area contributed by atoms with Gasteiger partial charge in [-0.1, -0.05) is 12.1 Å². The van der Waals surface area contributed by atoms with Crippen molar-refractivity contribution in [2.75, 3.05) is 23.3 Å². The Labute approximate surface area is 145 Å². The average molecular weight is 350 g/mol.